The predicted octanol–water partition coefficient (Wildman–Crippen LogP) is 6.83. The zero-order chi connectivity index (χ0) is 46.4. The standard InChI is InChI=1S/C50H56F3N9O4/c1-33-28-60(42-15-10-37(11-16-42)43-17-19-45(63)58-48(43)65)29-34(2)62(33)30-36-21-24-59(25-22-36)46(64)32-61-31-40(27-56-61)39-12-18-44(55-26-39)57-49(66)47(38-6-4-3-5-7-38)54-23-20-35-8-13-41(14-9-35)50(51,52)53/h3-16,18,26-27,31,33-34,36,43,47,54H,17,19-25,28-30,32H2,1-2H3,(H,55,57,66)(H,58,63,65)/t33-,34+,43?,47-/m1/s1. The largest absolute Gasteiger partial charge is 0.416 e. The Kier molecular flexibility index (Phi) is 14.3. The summed E-state index contributed by atoms with van der Waals surface area (Å²) in [5, 5.41) is 13.0. The van der Waals surface area contributed by atoms with Crippen LogP contribution in [0, 0.1) is 5.92 Å². The molecule has 0 radical (unpaired) electrons. The van der Waals surface area contributed by atoms with Crippen LogP contribution < -0.4 is 20.9 Å². The molecule has 5 heterocycles. The van der Waals surface area contributed by atoms with Gasteiger partial charge in [-0.3, -0.25) is 34.1 Å². The second kappa shape index (κ2) is 20.4. The first kappa shape index (κ1) is 46.2. The number of anilines is 2. The van der Waals surface area contributed by atoms with Gasteiger partial charge in [0.15, 0.2) is 0 Å². The highest BCUT2D eigenvalue weighted by atomic mass is 19.4. The number of carbonyl (C=O) groups is 4. The Morgan fingerprint density at radius 1 is 0.848 bits per heavy atom. The lowest BCUT2D eigenvalue weighted by atomic mass is 9.90. The molecule has 3 N–H and O–H groups in total. The SMILES string of the molecule is C[C@@H]1CN(c2ccc(C3CCC(=O)NC3=O)cc2)C[C@H](C)N1CC1CCN(C(=O)Cn2cc(-c3ccc(NC(=O)[C@H](NCCc4ccc(C(F)(F)F)cc4)c4ccccc4)nc3)cn2)CC1. The summed E-state index contributed by atoms with van der Waals surface area (Å²) in [5.74, 6) is -0.169. The summed E-state index contributed by atoms with van der Waals surface area (Å²) < 4.78 is 40.6. The number of nitrogens with one attached hydrogen (secondary N) is 3. The van der Waals surface area contributed by atoms with Gasteiger partial charge >= 0.3 is 6.18 Å². The third-order valence-electron chi connectivity index (χ3n) is 13.2. The molecule has 13 nitrogen and oxygen atoms in total. The molecule has 3 aliphatic heterocycles. The molecule has 1 unspecified atom stereocenters. The number of piperazine rings is 1. The number of hydrogen-bond acceptors (Lipinski definition) is 9. The van der Waals surface area contributed by atoms with Gasteiger partial charge in [-0.2, -0.15) is 18.3 Å². The van der Waals surface area contributed by atoms with E-state index in [4.69, 9.17) is 0 Å². The minimum Gasteiger partial charge on any atom is -0.368 e. The van der Waals surface area contributed by atoms with Crippen LogP contribution >= 0.6 is 0 Å². The van der Waals surface area contributed by atoms with Crippen molar-refractivity contribution < 1.29 is 32.3 Å². The van der Waals surface area contributed by atoms with Crippen molar-refractivity contribution in [2.24, 2.45) is 5.92 Å². The molecule has 2 aromatic heterocycles. The number of halogens is 3. The van der Waals surface area contributed by atoms with Gasteiger partial charge in [-0.25, -0.2) is 4.98 Å². The second-order valence-electron chi connectivity index (χ2n) is 17.8. The van der Waals surface area contributed by atoms with Gasteiger partial charge in [0, 0.05) is 87.0 Å². The van der Waals surface area contributed by atoms with Crippen LogP contribution in [0.1, 0.15) is 73.7 Å². The Hall–Kier alpha value is -6.39. The Bertz CT molecular complexity index is 2440. The Morgan fingerprint density at radius 3 is 2.21 bits per heavy atom. The molecule has 0 spiro atoms. The second-order valence-corrected chi connectivity index (χ2v) is 17.8. The first-order valence-electron chi connectivity index (χ1n) is 22.7. The lowest BCUT2D eigenvalue weighted by Crippen LogP contribution is -2.58. The van der Waals surface area contributed by atoms with Crippen molar-refractivity contribution in [1.29, 1.82) is 0 Å². The zero-order valence-electron chi connectivity index (χ0n) is 37.2. The van der Waals surface area contributed by atoms with Crippen molar-refractivity contribution in [3.8, 4) is 11.1 Å². The molecule has 66 heavy (non-hydrogen) atoms. The maximum absolute atomic E-state index is 13.5. The molecular formula is C50H56F3N9O4. The average Bonchev–Trinajstić information content (AvgIpc) is 3.78. The number of piperidine rings is 2. The average molecular weight is 904 g/mol. The summed E-state index contributed by atoms with van der Waals surface area (Å²) in [5.41, 5.74) is 4.38. The number of alkyl halides is 3. The number of likely N-dealkylation sites (tertiary alicyclic amines) is 1. The highest BCUT2D eigenvalue weighted by molar-refractivity contribution is 6.01. The normalized spacial score (nSPS) is 20.2. The lowest BCUT2D eigenvalue weighted by Gasteiger charge is -2.47. The van der Waals surface area contributed by atoms with E-state index in [0.29, 0.717) is 68.3 Å². The number of pyridine rings is 1. The van der Waals surface area contributed by atoms with E-state index in [0.717, 1.165) is 72.5 Å². The smallest absolute Gasteiger partial charge is 0.368 e. The third kappa shape index (κ3) is 11.3. The molecule has 8 rings (SSSR count). The first-order chi connectivity index (χ1) is 31.8. The molecule has 346 valence electrons. The van der Waals surface area contributed by atoms with E-state index in [9.17, 15) is 32.3 Å². The van der Waals surface area contributed by atoms with Gasteiger partial charge in [-0.1, -0.05) is 54.6 Å². The molecule has 16 heteroatoms. The zero-order valence-corrected chi connectivity index (χ0v) is 37.2. The van der Waals surface area contributed by atoms with E-state index >= 15 is 0 Å². The predicted molar refractivity (Wildman–Crippen MR) is 245 cm³/mol. The van der Waals surface area contributed by atoms with E-state index in [1.54, 1.807) is 23.1 Å². The number of rotatable bonds is 14. The maximum atomic E-state index is 13.5. The van der Waals surface area contributed by atoms with Gasteiger partial charge < -0.3 is 20.4 Å². The van der Waals surface area contributed by atoms with Crippen molar-refractivity contribution in [2.45, 2.75) is 82.7 Å². The van der Waals surface area contributed by atoms with Crippen molar-refractivity contribution >= 4 is 35.1 Å². The quantitative estimate of drug-likeness (QED) is 0.102. The van der Waals surface area contributed by atoms with Crippen molar-refractivity contribution in [2.75, 3.05) is 49.5 Å². The van der Waals surface area contributed by atoms with Crippen LogP contribution in [0.5, 0.6) is 0 Å². The molecule has 4 atom stereocenters. The minimum atomic E-state index is -4.40. The topological polar surface area (TPSA) is 145 Å². The fourth-order valence-corrected chi connectivity index (χ4v) is 9.42. The number of carbonyl (C=O) groups excluding carboxylic acids is 4. The maximum Gasteiger partial charge on any atom is 0.416 e. The van der Waals surface area contributed by atoms with Gasteiger partial charge in [0.1, 0.15) is 18.4 Å². The number of imide groups is 1. The summed E-state index contributed by atoms with van der Waals surface area (Å²) in [7, 11) is 0. The monoisotopic (exact) mass is 903 g/mol. The number of benzene rings is 3. The molecule has 3 aliphatic rings. The van der Waals surface area contributed by atoms with Crippen LogP contribution in [0.2, 0.25) is 0 Å². The van der Waals surface area contributed by atoms with Gasteiger partial charge in [0.05, 0.1) is 17.7 Å². The number of amides is 4. The molecule has 3 fully saturated rings. The van der Waals surface area contributed by atoms with E-state index in [1.807, 2.05) is 59.6 Å². The van der Waals surface area contributed by atoms with Crippen LogP contribution in [-0.4, -0.2) is 99.5 Å². The fraction of sp³-hybridized carbons (Fsp3) is 0.400. The molecule has 3 saturated heterocycles. The Morgan fingerprint density at radius 2 is 1.56 bits per heavy atom. The summed E-state index contributed by atoms with van der Waals surface area (Å²) >= 11 is 0. The number of nitrogens with zero attached hydrogens (tertiary/aromatic N) is 6. The summed E-state index contributed by atoms with van der Waals surface area (Å²) in [6.45, 7) is 9.24. The summed E-state index contributed by atoms with van der Waals surface area (Å²) in [6.07, 6.45) is 3.97. The van der Waals surface area contributed by atoms with Crippen molar-refractivity contribution in [1.82, 2.24) is 35.2 Å². The van der Waals surface area contributed by atoms with Gasteiger partial charge in [-0.15, -0.1) is 0 Å². The van der Waals surface area contributed by atoms with Gasteiger partial charge in [0.2, 0.25) is 23.6 Å². The first-order valence-corrected chi connectivity index (χ1v) is 22.7. The number of aromatic nitrogens is 3. The molecule has 5 aromatic rings. The van der Waals surface area contributed by atoms with Crippen molar-refractivity contribution in [3.63, 3.8) is 0 Å². The highest BCUT2D eigenvalue weighted by Crippen LogP contribution is 2.31. The number of hydrogen-bond donors (Lipinski definition) is 3. The van der Waals surface area contributed by atoms with Crippen LogP contribution in [0.4, 0.5) is 24.7 Å². The minimum absolute atomic E-state index is 0.0270. The van der Waals surface area contributed by atoms with Gasteiger partial charge in [-0.05, 0) is 98.5 Å². The molecular weight excluding hydrogens is 848 g/mol. The Balaban J connectivity index is 0.780. The third-order valence-corrected chi connectivity index (χ3v) is 13.2. The van der Waals surface area contributed by atoms with Crippen LogP contribution in [0.25, 0.3) is 11.1 Å². The van der Waals surface area contributed by atoms with Gasteiger partial charge in [0.25, 0.3) is 0 Å². The Labute approximate surface area is 382 Å². The van der Waals surface area contributed by atoms with Crippen LogP contribution in [0.15, 0.2) is 110 Å². The van der Waals surface area contributed by atoms with E-state index in [-0.39, 0.29) is 36.1 Å². The highest BCUT2D eigenvalue weighted by Gasteiger charge is 2.34. The van der Waals surface area contributed by atoms with Crippen molar-refractivity contribution in [3.05, 3.63) is 132 Å². The van der Waals surface area contributed by atoms with E-state index in [2.05, 4.69) is 61.8 Å². The fourth-order valence-electron chi connectivity index (χ4n) is 9.42. The summed E-state index contributed by atoms with van der Waals surface area (Å²) in [4.78, 5) is 62.4. The lowest BCUT2D eigenvalue weighted by molar-refractivity contribution is -0.138. The summed E-state index contributed by atoms with van der Waals surface area (Å²) in [6, 6.07) is 25.9. The van der Waals surface area contributed by atoms with E-state index < -0.39 is 17.8 Å². The molecule has 0 bridgehead atoms. The van der Waals surface area contributed by atoms with Crippen LogP contribution in [-0.2, 0) is 38.3 Å². The molecule has 0 saturated carbocycles. The molecule has 4 amide bonds. The van der Waals surface area contributed by atoms with E-state index in [1.165, 1.54) is 12.1 Å². The molecule has 0 aliphatic carbocycles. The van der Waals surface area contributed by atoms with Crippen LogP contribution in [0.3, 0.4) is 0 Å². The molecule has 3 aromatic carbocycles.